The van der Waals surface area contributed by atoms with Crippen LogP contribution in [-0.2, 0) is 6.42 Å². The van der Waals surface area contributed by atoms with Crippen LogP contribution in [0.15, 0.2) is 11.4 Å². The highest BCUT2D eigenvalue weighted by Crippen LogP contribution is 2.22. The van der Waals surface area contributed by atoms with Crippen LogP contribution < -0.4 is 5.73 Å². The lowest BCUT2D eigenvalue weighted by Gasteiger charge is -2.02. The Morgan fingerprint density at radius 1 is 1.26 bits per heavy atom. The van der Waals surface area contributed by atoms with Crippen LogP contribution in [0.5, 0.6) is 0 Å². The largest absolute Gasteiger partial charge is 0.330 e. The molecule has 0 aliphatic rings. The van der Waals surface area contributed by atoms with Gasteiger partial charge in [-0.1, -0.05) is 0 Å². The van der Waals surface area contributed by atoms with Crippen LogP contribution in [0.25, 0.3) is 17.2 Å². The number of aromatic nitrogens is 5. The summed E-state index contributed by atoms with van der Waals surface area (Å²) < 4.78 is 1.92. The van der Waals surface area contributed by atoms with Crippen molar-refractivity contribution in [2.24, 2.45) is 5.73 Å². The number of nitrogens with two attached hydrogens (primary N) is 1. The molecule has 0 fully saturated rings. The quantitative estimate of drug-likeness (QED) is 0.780. The highest BCUT2D eigenvalue weighted by molar-refractivity contribution is 7.09. The molecule has 0 radical (unpaired) electrons. The minimum atomic E-state index is 0.604. The monoisotopic (exact) mass is 274 g/mol. The lowest BCUT2D eigenvalue weighted by Crippen LogP contribution is -2.02. The minimum Gasteiger partial charge on any atom is -0.330 e. The molecule has 0 spiro atoms. The third kappa shape index (κ3) is 2.11. The average Bonchev–Trinajstić information content (AvgIpc) is 2.95. The van der Waals surface area contributed by atoms with E-state index in [9.17, 15) is 0 Å². The van der Waals surface area contributed by atoms with Crippen molar-refractivity contribution in [3.05, 3.63) is 28.0 Å². The van der Waals surface area contributed by atoms with Crippen molar-refractivity contribution in [1.29, 1.82) is 0 Å². The maximum Gasteiger partial charge on any atom is 0.189 e. The summed E-state index contributed by atoms with van der Waals surface area (Å²) in [7, 11) is 0. The van der Waals surface area contributed by atoms with E-state index < -0.39 is 0 Å². The van der Waals surface area contributed by atoms with Gasteiger partial charge in [-0.25, -0.2) is 9.97 Å². The molecule has 0 aliphatic heterocycles. The Labute approximate surface area is 114 Å². The van der Waals surface area contributed by atoms with Gasteiger partial charge in [0.1, 0.15) is 11.5 Å². The summed E-state index contributed by atoms with van der Waals surface area (Å²) in [6.45, 7) is 4.50. The molecule has 0 atom stereocenters. The van der Waals surface area contributed by atoms with Crippen LogP contribution in [0.2, 0.25) is 0 Å². The second-order valence-electron chi connectivity index (χ2n) is 4.33. The first kappa shape index (κ1) is 12.2. The number of hydrogen-bond donors (Lipinski definition) is 1. The number of fused-ring (bicyclic) bond motifs is 1. The summed E-state index contributed by atoms with van der Waals surface area (Å²) in [5.74, 6) is 1.60. The fraction of sp³-hybridized carbons (Fsp3) is 0.333. The summed E-state index contributed by atoms with van der Waals surface area (Å²) in [5.41, 5.74) is 8.11. The summed E-state index contributed by atoms with van der Waals surface area (Å²) in [6.07, 6.45) is 0.789. The number of rotatable bonds is 3. The van der Waals surface area contributed by atoms with E-state index in [1.807, 2.05) is 29.7 Å². The molecular formula is C12H14N6S. The summed E-state index contributed by atoms with van der Waals surface area (Å²) in [4.78, 5) is 8.99. The van der Waals surface area contributed by atoms with E-state index in [4.69, 9.17) is 5.73 Å². The Morgan fingerprint density at radius 2 is 2.11 bits per heavy atom. The van der Waals surface area contributed by atoms with Crippen LogP contribution in [-0.4, -0.2) is 31.1 Å². The van der Waals surface area contributed by atoms with Crippen molar-refractivity contribution in [2.45, 2.75) is 20.3 Å². The number of nitrogens with zero attached hydrogens (tertiary/aromatic N) is 5. The SMILES string of the molecule is Cc1cc2nnc(-c3csc(CCN)n3)n2c(C)n1. The first-order chi connectivity index (χ1) is 9.19. The Morgan fingerprint density at radius 3 is 2.89 bits per heavy atom. The Hall–Kier alpha value is -1.86. The summed E-state index contributed by atoms with van der Waals surface area (Å²) >= 11 is 1.60. The Kier molecular flexibility index (Phi) is 3.00. The predicted octanol–water partition coefficient (Wildman–Crippen LogP) is 1.37. The fourth-order valence-corrected chi connectivity index (χ4v) is 2.84. The van der Waals surface area contributed by atoms with Crippen LogP contribution in [0.3, 0.4) is 0 Å². The van der Waals surface area contributed by atoms with Crippen molar-refractivity contribution in [1.82, 2.24) is 24.6 Å². The van der Waals surface area contributed by atoms with Crippen molar-refractivity contribution in [3.8, 4) is 11.5 Å². The highest BCUT2D eigenvalue weighted by Gasteiger charge is 2.14. The maximum absolute atomic E-state index is 5.54. The molecule has 3 aromatic heterocycles. The molecule has 0 aromatic carbocycles. The molecule has 3 rings (SSSR count). The zero-order valence-electron chi connectivity index (χ0n) is 10.8. The van der Waals surface area contributed by atoms with Crippen molar-refractivity contribution in [2.75, 3.05) is 6.54 Å². The van der Waals surface area contributed by atoms with Gasteiger partial charge >= 0.3 is 0 Å². The predicted molar refractivity (Wildman–Crippen MR) is 74.1 cm³/mol. The van der Waals surface area contributed by atoms with E-state index in [0.29, 0.717) is 6.54 Å². The molecule has 7 heteroatoms. The zero-order valence-corrected chi connectivity index (χ0v) is 11.6. The topological polar surface area (TPSA) is 82.0 Å². The molecule has 3 heterocycles. The van der Waals surface area contributed by atoms with Gasteiger partial charge < -0.3 is 5.73 Å². The average molecular weight is 274 g/mol. The lowest BCUT2D eigenvalue weighted by molar-refractivity contribution is 0.939. The van der Waals surface area contributed by atoms with E-state index >= 15 is 0 Å². The van der Waals surface area contributed by atoms with E-state index in [1.54, 1.807) is 11.3 Å². The molecule has 98 valence electrons. The number of aryl methyl sites for hydroxylation is 2. The fourth-order valence-electron chi connectivity index (χ4n) is 2.05. The van der Waals surface area contributed by atoms with Gasteiger partial charge in [-0.05, 0) is 20.4 Å². The van der Waals surface area contributed by atoms with E-state index in [1.165, 1.54) is 0 Å². The van der Waals surface area contributed by atoms with Crippen LogP contribution in [0, 0.1) is 13.8 Å². The number of hydrogen-bond acceptors (Lipinski definition) is 6. The maximum atomic E-state index is 5.54. The van der Waals surface area contributed by atoms with Gasteiger partial charge in [-0.2, -0.15) is 0 Å². The van der Waals surface area contributed by atoms with Gasteiger partial charge in [0.2, 0.25) is 0 Å². The highest BCUT2D eigenvalue weighted by atomic mass is 32.1. The number of thiazole rings is 1. The van der Waals surface area contributed by atoms with Crippen LogP contribution in [0.1, 0.15) is 16.5 Å². The lowest BCUT2D eigenvalue weighted by atomic mass is 10.4. The molecule has 2 N–H and O–H groups in total. The van der Waals surface area contributed by atoms with Crippen molar-refractivity contribution < 1.29 is 0 Å². The molecular weight excluding hydrogens is 260 g/mol. The molecule has 0 saturated carbocycles. The van der Waals surface area contributed by atoms with Crippen LogP contribution >= 0.6 is 11.3 Å². The van der Waals surface area contributed by atoms with Gasteiger partial charge in [-0.3, -0.25) is 4.40 Å². The van der Waals surface area contributed by atoms with E-state index in [2.05, 4.69) is 20.2 Å². The third-order valence-corrected chi connectivity index (χ3v) is 3.74. The summed E-state index contributed by atoms with van der Waals surface area (Å²) in [6, 6.07) is 1.91. The Bertz CT molecular complexity index is 729. The van der Waals surface area contributed by atoms with Gasteiger partial charge in [0.05, 0.1) is 5.01 Å². The standard InChI is InChI=1S/C12H14N6S/c1-7-5-10-16-17-12(18(10)8(2)14-7)9-6-19-11(15-9)3-4-13/h5-6H,3-4,13H2,1-2H3. The molecule has 0 saturated heterocycles. The molecule has 6 nitrogen and oxygen atoms in total. The van der Waals surface area contributed by atoms with Crippen LogP contribution in [0.4, 0.5) is 0 Å². The van der Waals surface area contributed by atoms with Gasteiger partial charge in [0.15, 0.2) is 11.5 Å². The first-order valence-corrected chi connectivity index (χ1v) is 6.91. The van der Waals surface area contributed by atoms with Crippen molar-refractivity contribution in [3.63, 3.8) is 0 Å². The van der Waals surface area contributed by atoms with Crippen molar-refractivity contribution >= 4 is 17.0 Å². The normalized spacial score (nSPS) is 11.3. The molecule has 0 bridgehead atoms. The van der Waals surface area contributed by atoms with Gasteiger partial charge in [0, 0.05) is 23.6 Å². The minimum absolute atomic E-state index is 0.604. The molecule has 0 amide bonds. The molecule has 19 heavy (non-hydrogen) atoms. The van der Waals surface area contributed by atoms with E-state index in [-0.39, 0.29) is 0 Å². The first-order valence-electron chi connectivity index (χ1n) is 6.03. The molecule has 0 aliphatic carbocycles. The van der Waals surface area contributed by atoms with Gasteiger partial charge in [0.25, 0.3) is 0 Å². The molecule has 3 aromatic rings. The second-order valence-corrected chi connectivity index (χ2v) is 5.27. The molecule has 0 unspecified atom stereocenters. The smallest absolute Gasteiger partial charge is 0.189 e. The Balaban J connectivity index is 2.14. The zero-order chi connectivity index (χ0) is 13.4. The van der Waals surface area contributed by atoms with Gasteiger partial charge in [-0.15, -0.1) is 21.5 Å². The third-order valence-electron chi connectivity index (χ3n) is 2.83. The second kappa shape index (κ2) is 4.67. The van der Waals surface area contributed by atoms with E-state index in [0.717, 1.165) is 40.1 Å². The summed E-state index contributed by atoms with van der Waals surface area (Å²) in [5, 5.41) is 11.4.